The molecule has 7 heteroatoms. The SMILES string of the molecule is Fc1ccc(N2CCN(c3nccc(NCc4cccnc4)n3)CC2)cc1. The summed E-state index contributed by atoms with van der Waals surface area (Å²) < 4.78 is 13.1. The summed E-state index contributed by atoms with van der Waals surface area (Å²) in [5.41, 5.74) is 2.15. The molecule has 0 atom stereocenters. The van der Waals surface area contributed by atoms with E-state index in [4.69, 9.17) is 0 Å². The monoisotopic (exact) mass is 364 g/mol. The molecule has 0 unspecified atom stereocenters. The number of pyridine rings is 1. The quantitative estimate of drug-likeness (QED) is 0.751. The van der Waals surface area contributed by atoms with Crippen molar-refractivity contribution in [1.29, 1.82) is 0 Å². The third kappa shape index (κ3) is 4.31. The Morgan fingerprint density at radius 1 is 0.926 bits per heavy atom. The second-order valence-corrected chi connectivity index (χ2v) is 6.41. The van der Waals surface area contributed by atoms with Gasteiger partial charge in [0, 0.05) is 57.0 Å². The van der Waals surface area contributed by atoms with Crippen molar-refractivity contribution in [2.24, 2.45) is 0 Å². The highest BCUT2D eigenvalue weighted by molar-refractivity contribution is 5.49. The second-order valence-electron chi connectivity index (χ2n) is 6.41. The van der Waals surface area contributed by atoms with Gasteiger partial charge in [-0.3, -0.25) is 4.98 Å². The zero-order valence-electron chi connectivity index (χ0n) is 14.9. The van der Waals surface area contributed by atoms with Crippen LogP contribution in [-0.2, 0) is 6.54 Å². The number of hydrogen-bond donors (Lipinski definition) is 1. The molecule has 4 rings (SSSR count). The second kappa shape index (κ2) is 7.99. The van der Waals surface area contributed by atoms with Gasteiger partial charge in [0.15, 0.2) is 0 Å². The fourth-order valence-corrected chi connectivity index (χ4v) is 3.11. The highest BCUT2D eigenvalue weighted by Gasteiger charge is 2.19. The molecule has 6 nitrogen and oxygen atoms in total. The normalized spacial score (nSPS) is 14.3. The molecule has 3 aromatic rings. The molecule has 1 aliphatic rings. The molecule has 27 heavy (non-hydrogen) atoms. The van der Waals surface area contributed by atoms with E-state index >= 15 is 0 Å². The minimum absolute atomic E-state index is 0.207. The number of benzene rings is 1. The molecule has 0 spiro atoms. The Bertz CT molecular complexity index is 863. The van der Waals surface area contributed by atoms with E-state index in [1.807, 2.05) is 36.5 Å². The van der Waals surface area contributed by atoms with Crippen molar-refractivity contribution in [3.63, 3.8) is 0 Å². The van der Waals surface area contributed by atoms with Gasteiger partial charge in [0.25, 0.3) is 0 Å². The lowest BCUT2D eigenvalue weighted by Crippen LogP contribution is -2.47. The van der Waals surface area contributed by atoms with Gasteiger partial charge in [-0.2, -0.15) is 4.98 Å². The molecule has 3 heterocycles. The van der Waals surface area contributed by atoms with Crippen LogP contribution in [0.1, 0.15) is 5.56 Å². The van der Waals surface area contributed by atoms with Crippen LogP contribution in [0.2, 0.25) is 0 Å². The summed E-state index contributed by atoms with van der Waals surface area (Å²) in [7, 11) is 0. The average Bonchev–Trinajstić information content (AvgIpc) is 2.74. The van der Waals surface area contributed by atoms with E-state index in [1.165, 1.54) is 12.1 Å². The van der Waals surface area contributed by atoms with Crippen molar-refractivity contribution in [2.45, 2.75) is 6.54 Å². The van der Waals surface area contributed by atoms with Gasteiger partial charge < -0.3 is 15.1 Å². The number of halogens is 1. The Morgan fingerprint density at radius 2 is 1.70 bits per heavy atom. The van der Waals surface area contributed by atoms with Gasteiger partial charge in [0.05, 0.1) is 0 Å². The smallest absolute Gasteiger partial charge is 0.227 e. The van der Waals surface area contributed by atoms with Gasteiger partial charge in [-0.1, -0.05) is 6.07 Å². The predicted molar refractivity (Wildman–Crippen MR) is 104 cm³/mol. The van der Waals surface area contributed by atoms with Crippen molar-refractivity contribution in [1.82, 2.24) is 15.0 Å². The van der Waals surface area contributed by atoms with Crippen LogP contribution in [0.3, 0.4) is 0 Å². The van der Waals surface area contributed by atoms with E-state index in [9.17, 15) is 4.39 Å². The molecule has 1 fully saturated rings. The first-order valence-corrected chi connectivity index (χ1v) is 8.99. The highest BCUT2D eigenvalue weighted by Crippen LogP contribution is 2.19. The number of hydrogen-bond acceptors (Lipinski definition) is 6. The van der Waals surface area contributed by atoms with E-state index < -0.39 is 0 Å². The zero-order valence-corrected chi connectivity index (χ0v) is 14.9. The Balaban J connectivity index is 1.36. The molecule has 1 aromatic carbocycles. The van der Waals surface area contributed by atoms with Gasteiger partial charge in [-0.25, -0.2) is 9.37 Å². The first-order chi connectivity index (χ1) is 13.3. The summed E-state index contributed by atoms with van der Waals surface area (Å²) in [5.74, 6) is 1.32. The molecular weight excluding hydrogens is 343 g/mol. The summed E-state index contributed by atoms with van der Waals surface area (Å²) in [4.78, 5) is 17.6. The number of rotatable bonds is 5. The number of anilines is 3. The van der Waals surface area contributed by atoms with E-state index in [0.29, 0.717) is 6.54 Å². The first-order valence-electron chi connectivity index (χ1n) is 8.99. The van der Waals surface area contributed by atoms with Crippen molar-refractivity contribution >= 4 is 17.5 Å². The van der Waals surface area contributed by atoms with E-state index in [1.54, 1.807) is 12.4 Å². The Labute approximate surface area is 157 Å². The van der Waals surface area contributed by atoms with Crippen molar-refractivity contribution in [2.75, 3.05) is 41.3 Å². The molecule has 1 N–H and O–H groups in total. The van der Waals surface area contributed by atoms with Gasteiger partial charge in [-0.15, -0.1) is 0 Å². The third-order valence-electron chi connectivity index (χ3n) is 4.59. The Kier molecular flexibility index (Phi) is 5.09. The van der Waals surface area contributed by atoms with Crippen LogP contribution >= 0.6 is 0 Å². The summed E-state index contributed by atoms with van der Waals surface area (Å²) in [6.45, 7) is 4.01. The largest absolute Gasteiger partial charge is 0.368 e. The van der Waals surface area contributed by atoms with Crippen LogP contribution in [0, 0.1) is 5.82 Å². The summed E-state index contributed by atoms with van der Waals surface area (Å²) in [6, 6.07) is 12.5. The van der Waals surface area contributed by atoms with Crippen LogP contribution in [0.15, 0.2) is 61.1 Å². The lowest BCUT2D eigenvalue weighted by molar-refractivity contribution is 0.623. The van der Waals surface area contributed by atoms with Crippen LogP contribution < -0.4 is 15.1 Å². The summed E-state index contributed by atoms with van der Waals surface area (Å²) in [5, 5.41) is 3.32. The molecule has 2 aromatic heterocycles. The maximum absolute atomic E-state index is 13.1. The van der Waals surface area contributed by atoms with Crippen molar-refractivity contribution < 1.29 is 4.39 Å². The van der Waals surface area contributed by atoms with Crippen LogP contribution in [-0.4, -0.2) is 41.1 Å². The molecule has 0 aliphatic carbocycles. The van der Waals surface area contributed by atoms with Crippen molar-refractivity contribution in [3.8, 4) is 0 Å². The molecule has 1 saturated heterocycles. The van der Waals surface area contributed by atoms with Crippen LogP contribution in [0.4, 0.5) is 21.8 Å². The summed E-state index contributed by atoms with van der Waals surface area (Å²) in [6.07, 6.45) is 5.38. The van der Waals surface area contributed by atoms with Gasteiger partial charge in [0.1, 0.15) is 11.6 Å². The number of aromatic nitrogens is 3. The molecule has 1 aliphatic heterocycles. The topological polar surface area (TPSA) is 57.2 Å². The van der Waals surface area contributed by atoms with Crippen molar-refractivity contribution in [3.05, 3.63) is 72.4 Å². The maximum atomic E-state index is 13.1. The number of nitrogens with one attached hydrogen (secondary N) is 1. The molecule has 138 valence electrons. The summed E-state index contributed by atoms with van der Waals surface area (Å²) >= 11 is 0. The number of piperazine rings is 1. The molecule has 0 radical (unpaired) electrons. The lowest BCUT2D eigenvalue weighted by Gasteiger charge is -2.36. The van der Waals surface area contributed by atoms with E-state index in [0.717, 1.165) is 49.2 Å². The lowest BCUT2D eigenvalue weighted by atomic mass is 10.2. The average molecular weight is 364 g/mol. The maximum Gasteiger partial charge on any atom is 0.227 e. The molecule has 0 amide bonds. The predicted octanol–water partition coefficient (Wildman–Crippen LogP) is 2.95. The Morgan fingerprint density at radius 3 is 2.44 bits per heavy atom. The standard InChI is InChI=1S/C20H21FN6/c21-17-3-5-18(6-4-17)26-10-12-27(13-11-26)20-23-9-7-19(25-20)24-15-16-2-1-8-22-14-16/h1-9,14H,10-13,15H2,(H,23,24,25). The van der Waals surface area contributed by atoms with Gasteiger partial charge in [0.2, 0.25) is 5.95 Å². The van der Waals surface area contributed by atoms with Gasteiger partial charge in [-0.05, 0) is 42.0 Å². The van der Waals surface area contributed by atoms with Gasteiger partial charge >= 0.3 is 0 Å². The third-order valence-corrected chi connectivity index (χ3v) is 4.59. The zero-order chi connectivity index (χ0) is 18.5. The fraction of sp³-hybridized carbons (Fsp3) is 0.250. The van der Waals surface area contributed by atoms with E-state index in [2.05, 4.69) is 30.1 Å². The van der Waals surface area contributed by atoms with Crippen LogP contribution in [0.25, 0.3) is 0 Å². The molecule has 0 bridgehead atoms. The Hall–Kier alpha value is -3.22. The molecule has 0 saturated carbocycles. The highest BCUT2D eigenvalue weighted by atomic mass is 19.1. The molecular formula is C20H21FN6. The van der Waals surface area contributed by atoms with E-state index in [-0.39, 0.29) is 5.82 Å². The first kappa shape index (κ1) is 17.2. The minimum atomic E-state index is -0.207. The minimum Gasteiger partial charge on any atom is -0.368 e. The fourth-order valence-electron chi connectivity index (χ4n) is 3.11. The van der Waals surface area contributed by atoms with Crippen LogP contribution in [0.5, 0.6) is 0 Å². The number of nitrogens with zero attached hydrogens (tertiary/aromatic N) is 5.